The monoisotopic (exact) mass is 455 g/mol. The molecule has 1 aliphatic heterocycles. The van der Waals surface area contributed by atoms with Gasteiger partial charge >= 0.3 is 0 Å². The molecule has 0 bridgehead atoms. The van der Waals surface area contributed by atoms with Gasteiger partial charge < -0.3 is 9.80 Å². The highest BCUT2D eigenvalue weighted by Gasteiger charge is 2.25. The third kappa shape index (κ3) is 5.32. The van der Waals surface area contributed by atoms with Crippen molar-refractivity contribution in [3.63, 3.8) is 0 Å². The van der Waals surface area contributed by atoms with Gasteiger partial charge in [0, 0.05) is 54.1 Å². The highest BCUT2D eigenvalue weighted by molar-refractivity contribution is 8.00. The van der Waals surface area contributed by atoms with Crippen LogP contribution in [0.15, 0.2) is 58.3 Å². The van der Waals surface area contributed by atoms with Gasteiger partial charge in [0.15, 0.2) is 0 Å². The predicted octanol–water partition coefficient (Wildman–Crippen LogP) is 4.48. The number of thiazole rings is 1. The molecule has 4 rings (SSSR count). The van der Waals surface area contributed by atoms with Crippen molar-refractivity contribution in [1.29, 1.82) is 0 Å². The van der Waals surface area contributed by atoms with E-state index < -0.39 is 0 Å². The number of carbonyl (C=O) groups is 2. The van der Waals surface area contributed by atoms with Gasteiger partial charge in [0.05, 0.1) is 0 Å². The molecule has 0 radical (unpaired) electrons. The van der Waals surface area contributed by atoms with E-state index in [1.807, 2.05) is 36.6 Å². The molecule has 0 atom stereocenters. The van der Waals surface area contributed by atoms with Crippen LogP contribution >= 0.6 is 23.1 Å². The van der Waals surface area contributed by atoms with Gasteiger partial charge in [0.1, 0.15) is 10.2 Å². The molecule has 0 spiro atoms. The molecule has 0 unspecified atom stereocenters. The Bertz CT molecular complexity index is 1060. The average molecular weight is 456 g/mol. The van der Waals surface area contributed by atoms with E-state index in [2.05, 4.69) is 4.98 Å². The first-order valence-corrected chi connectivity index (χ1v) is 11.8. The number of rotatable bonds is 5. The van der Waals surface area contributed by atoms with E-state index in [0.29, 0.717) is 37.3 Å². The number of aryl methyl sites for hydroxylation is 1. The minimum atomic E-state index is -0.366. The van der Waals surface area contributed by atoms with Crippen molar-refractivity contribution in [1.82, 2.24) is 14.8 Å². The summed E-state index contributed by atoms with van der Waals surface area (Å²) in [7, 11) is 0. The second kappa shape index (κ2) is 9.62. The Kier molecular flexibility index (Phi) is 6.67. The van der Waals surface area contributed by atoms with Crippen LogP contribution in [-0.4, -0.2) is 52.8 Å². The smallest absolute Gasteiger partial charge is 0.253 e. The van der Waals surface area contributed by atoms with Gasteiger partial charge in [-0.2, -0.15) is 0 Å². The van der Waals surface area contributed by atoms with Crippen LogP contribution in [0.3, 0.4) is 0 Å². The average Bonchev–Trinajstić information content (AvgIpc) is 3.23. The predicted molar refractivity (Wildman–Crippen MR) is 121 cm³/mol. The van der Waals surface area contributed by atoms with Crippen LogP contribution in [0.2, 0.25) is 0 Å². The summed E-state index contributed by atoms with van der Waals surface area (Å²) in [5.74, 6) is 0.286. The van der Waals surface area contributed by atoms with Crippen LogP contribution in [-0.2, 0) is 5.75 Å². The Labute approximate surface area is 188 Å². The number of hydrogen-bond donors (Lipinski definition) is 0. The molecule has 0 saturated carbocycles. The molecule has 1 fully saturated rings. The number of nitrogens with zero attached hydrogens (tertiary/aromatic N) is 3. The Hall–Kier alpha value is -2.71. The number of carbonyl (C=O) groups excluding carboxylic acids is 2. The third-order valence-corrected chi connectivity index (χ3v) is 7.32. The summed E-state index contributed by atoms with van der Waals surface area (Å²) in [6.07, 6.45) is 0. The third-order valence-electron chi connectivity index (χ3n) is 5.11. The van der Waals surface area contributed by atoms with E-state index in [4.69, 9.17) is 0 Å². The first-order valence-electron chi connectivity index (χ1n) is 9.97. The first-order chi connectivity index (χ1) is 15.0. The van der Waals surface area contributed by atoms with E-state index in [9.17, 15) is 14.0 Å². The standard InChI is InChI=1S/C23H22FN3O2S2/c1-16-14-30-23(25-16)31-15-17-2-4-18(5-3-17)21(28)26-10-12-27(13-11-26)22(29)19-6-8-20(24)9-7-19/h2-9,14H,10-13,15H2,1H3. The van der Waals surface area contributed by atoms with Crippen LogP contribution in [0.25, 0.3) is 0 Å². The van der Waals surface area contributed by atoms with Crippen LogP contribution in [0.1, 0.15) is 32.0 Å². The number of piperazine rings is 1. The fourth-order valence-corrected chi connectivity index (χ4v) is 5.16. The van der Waals surface area contributed by atoms with E-state index in [-0.39, 0.29) is 17.6 Å². The SMILES string of the molecule is Cc1csc(SCc2ccc(C(=O)N3CCN(C(=O)c4ccc(F)cc4)CC3)cc2)n1. The summed E-state index contributed by atoms with van der Waals surface area (Å²) in [6, 6.07) is 13.2. The summed E-state index contributed by atoms with van der Waals surface area (Å²) in [6.45, 7) is 3.87. The molecule has 31 heavy (non-hydrogen) atoms. The Balaban J connectivity index is 1.30. The van der Waals surface area contributed by atoms with Gasteiger partial charge in [-0.1, -0.05) is 23.9 Å². The molecule has 2 aromatic carbocycles. The topological polar surface area (TPSA) is 53.5 Å². The highest BCUT2D eigenvalue weighted by Crippen LogP contribution is 2.26. The second-order valence-electron chi connectivity index (χ2n) is 7.33. The number of aromatic nitrogens is 1. The molecular weight excluding hydrogens is 433 g/mol. The molecule has 1 saturated heterocycles. The van der Waals surface area contributed by atoms with Crippen molar-refractivity contribution in [2.24, 2.45) is 0 Å². The largest absolute Gasteiger partial charge is 0.335 e. The van der Waals surface area contributed by atoms with Crippen LogP contribution in [0, 0.1) is 12.7 Å². The summed E-state index contributed by atoms with van der Waals surface area (Å²) in [4.78, 5) is 33.3. The lowest BCUT2D eigenvalue weighted by Gasteiger charge is -2.35. The second-order valence-corrected chi connectivity index (χ2v) is 9.41. The lowest BCUT2D eigenvalue weighted by Crippen LogP contribution is -2.50. The van der Waals surface area contributed by atoms with Crippen molar-refractivity contribution in [3.8, 4) is 0 Å². The normalized spacial score (nSPS) is 14.0. The summed E-state index contributed by atoms with van der Waals surface area (Å²) < 4.78 is 14.1. The van der Waals surface area contributed by atoms with Crippen molar-refractivity contribution in [3.05, 3.63) is 82.1 Å². The van der Waals surface area contributed by atoms with Gasteiger partial charge in [0.2, 0.25) is 0 Å². The number of halogens is 1. The van der Waals surface area contributed by atoms with Crippen LogP contribution in [0.4, 0.5) is 4.39 Å². The first kappa shape index (κ1) is 21.5. The molecule has 8 heteroatoms. The van der Waals surface area contributed by atoms with Crippen LogP contribution in [0.5, 0.6) is 0 Å². The van der Waals surface area contributed by atoms with Gasteiger partial charge in [-0.25, -0.2) is 9.37 Å². The fraction of sp³-hybridized carbons (Fsp3) is 0.261. The number of thioether (sulfide) groups is 1. The van der Waals surface area contributed by atoms with Gasteiger partial charge in [0.25, 0.3) is 11.8 Å². The maximum Gasteiger partial charge on any atom is 0.253 e. The molecule has 2 amide bonds. The zero-order valence-corrected chi connectivity index (χ0v) is 18.7. The zero-order chi connectivity index (χ0) is 21.8. The van der Waals surface area contributed by atoms with E-state index in [1.54, 1.807) is 32.9 Å². The zero-order valence-electron chi connectivity index (χ0n) is 17.1. The number of hydrogen-bond acceptors (Lipinski definition) is 5. The van der Waals surface area contributed by atoms with Crippen molar-refractivity contribution < 1.29 is 14.0 Å². The Morgan fingerprint density at radius 1 is 0.935 bits per heavy atom. The molecular formula is C23H22FN3O2S2. The molecule has 2 heterocycles. The van der Waals surface area contributed by atoms with Gasteiger partial charge in [-0.3, -0.25) is 9.59 Å². The van der Waals surface area contributed by atoms with Gasteiger partial charge in [-0.15, -0.1) is 11.3 Å². The minimum absolute atomic E-state index is 0.0244. The van der Waals surface area contributed by atoms with Crippen molar-refractivity contribution >= 4 is 34.9 Å². The maximum atomic E-state index is 13.1. The lowest BCUT2D eigenvalue weighted by atomic mass is 10.1. The number of benzene rings is 2. The molecule has 5 nitrogen and oxygen atoms in total. The fourth-order valence-electron chi connectivity index (χ4n) is 3.36. The Morgan fingerprint density at radius 3 is 1.94 bits per heavy atom. The van der Waals surface area contributed by atoms with Gasteiger partial charge in [-0.05, 0) is 48.9 Å². The maximum absolute atomic E-state index is 13.1. The van der Waals surface area contributed by atoms with Crippen molar-refractivity contribution in [2.75, 3.05) is 26.2 Å². The van der Waals surface area contributed by atoms with E-state index in [0.717, 1.165) is 21.3 Å². The molecule has 1 aromatic heterocycles. The van der Waals surface area contributed by atoms with Crippen molar-refractivity contribution in [2.45, 2.75) is 17.0 Å². The quantitative estimate of drug-likeness (QED) is 0.533. The summed E-state index contributed by atoms with van der Waals surface area (Å²) >= 11 is 3.34. The van der Waals surface area contributed by atoms with E-state index >= 15 is 0 Å². The highest BCUT2D eigenvalue weighted by atomic mass is 32.2. The molecule has 0 N–H and O–H groups in total. The summed E-state index contributed by atoms with van der Waals surface area (Å²) in [5.41, 5.74) is 3.29. The minimum Gasteiger partial charge on any atom is -0.335 e. The van der Waals surface area contributed by atoms with E-state index in [1.165, 1.54) is 24.3 Å². The lowest BCUT2D eigenvalue weighted by molar-refractivity contribution is 0.0535. The van der Waals surface area contributed by atoms with Crippen LogP contribution < -0.4 is 0 Å². The number of amides is 2. The molecule has 1 aliphatic rings. The summed E-state index contributed by atoms with van der Waals surface area (Å²) in [5, 5.41) is 2.04. The molecule has 160 valence electrons. The Morgan fingerprint density at radius 2 is 1.45 bits per heavy atom. The molecule has 3 aromatic rings. The molecule has 0 aliphatic carbocycles.